The van der Waals surface area contributed by atoms with E-state index in [1.807, 2.05) is 12.1 Å². The Hall–Kier alpha value is -2.29. The lowest BCUT2D eigenvalue weighted by Gasteiger charge is -2.15. The topological polar surface area (TPSA) is 40.5 Å². The van der Waals surface area contributed by atoms with E-state index in [9.17, 15) is 14.6 Å². The second kappa shape index (κ2) is 5.84. The minimum absolute atomic E-state index is 0.243. The lowest BCUT2D eigenvalue weighted by Crippen LogP contribution is -1.95. The maximum absolute atomic E-state index is 13.8. The van der Waals surface area contributed by atoms with Gasteiger partial charge < -0.3 is 10.2 Å². The summed E-state index contributed by atoms with van der Waals surface area (Å²) in [5, 5.41) is 19.1. The van der Waals surface area contributed by atoms with Crippen LogP contribution in [0, 0.1) is 5.82 Å². The van der Waals surface area contributed by atoms with Crippen molar-refractivity contribution < 1.29 is 14.6 Å². The molecule has 0 saturated carbocycles. The molecule has 114 valence electrons. The highest BCUT2D eigenvalue weighted by molar-refractivity contribution is 5.92. The molecule has 0 bridgehead atoms. The molecule has 0 saturated heterocycles. The average molecular weight is 298 g/mol. The van der Waals surface area contributed by atoms with Gasteiger partial charge in [0.25, 0.3) is 0 Å². The number of halogens is 1. The molecule has 0 heterocycles. The quantitative estimate of drug-likeness (QED) is 0.828. The number of aryl methyl sites for hydroxylation is 1. The highest BCUT2D eigenvalue weighted by Gasteiger charge is 2.19. The molecule has 0 aromatic heterocycles. The molecule has 3 heteroatoms. The van der Waals surface area contributed by atoms with Crippen molar-refractivity contribution in [1.82, 2.24) is 0 Å². The first-order chi connectivity index (χ1) is 10.6. The number of allylic oxidation sites excluding steroid dienone is 2. The second-order valence-electron chi connectivity index (χ2n) is 5.67. The van der Waals surface area contributed by atoms with Crippen LogP contribution < -0.4 is 0 Å². The highest BCUT2D eigenvalue weighted by atomic mass is 19.1. The normalized spacial score (nSPS) is 14.6. The van der Waals surface area contributed by atoms with Crippen LogP contribution in [0.1, 0.15) is 42.9 Å². The fourth-order valence-corrected chi connectivity index (χ4v) is 3.25. The van der Waals surface area contributed by atoms with E-state index in [-0.39, 0.29) is 11.5 Å². The molecule has 0 atom stereocenters. The van der Waals surface area contributed by atoms with E-state index in [1.54, 1.807) is 18.2 Å². The monoisotopic (exact) mass is 298 g/mol. The molecule has 2 aromatic rings. The van der Waals surface area contributed by atoms with Gasteiger partial charge in [0, 0.05) is 0 Å². The van der Waals surface area contributed by atoms with Crippen molar-refractivity contribution in [2.75, 3.05) is 0 Å². The Balaban J connectivity index is 2.20. The van der Waals surface area contributed by atoms with Crippen LogP contribution in [-0.2, 0) is 6.42 Å². The molecular weight excluding hydrogens is 279 g/mol. The first-order valence-electron chi connectivity index (χ1n) is 7.63. The predicted molar refractivity (Wildman–Crippen MR) is 86.2 cm³/mol. The first kappa shape index (κ1) is 14.6. The number of phenolic OH excluding ortho intramolecular Hbond substituents is 2. The van der Waals surface area contributed by atoms with Crippen molar-refractivity contribution in [2.24, 2.45) is 0 Å². The Bertz CT molecular complexity index is 730. The van der Waals surface area contributed by atoms with Gasteiger partial charge in [0.05, 0.1) is 0 Å². The van der Waals surface area contributed by atoms with Gasteiger partial charge in [-0.15, -0.1) is 0 Å². The minimum atomic E-state index is -0.573. The highest BCUT2D eigenvalue weighted by Crippen LogP contribution is 2.39. The fourth-order valence-electron chi connectivity index (χ4n) is 3.25. The van der Waals surface area contributed by atoms with Gasteiger partial charge >= 0.3 is 0 Å². The summed E-state index contributed by atoms with van der Waals surface area (Å²) in [5.74, 6) is -0.605. The number of rotatable bonds is 2. The molecule has 2 nitrogen and oxygen atoms in total. The van der Waals surface area contributed by atoms with Gasteiger partial charge in [0.15, 0.2) is 11.6 Å². The van der Waals surface area contributed by atoms with Gasteiger partial charge in [-0.05, 0) is 77.8 Å². The van der Waals surface area contributed by atoms with Gasteiger partial charge in [0.1, 0.15) is 5.75 Å². The molecule has 0 aliphatic heterocycles. The molecule has 0 amide bonds. The zero-order chi connectivity index (χ0) is 15.7. The summed E-state index contributed by atoms with van der Waals surface area (Å²) in [6, 6.07) is 10.2. The van der Waals surface area contributed by atoms with Gasteiger partial charge in [-0.3, -0.25) is 0 Å². The lowest BCUT2D eigenvalue weighted by molar-refractivity contribution is 0.431. The van der Waals surface area contributed by atoms with E-state index in [2.05, 4.69) is 6.92 Å². The van der Waals surface area contributed by atoms with E-state index in [4.69, 9.17) is 0 Å². The van der Waals surface area contributed by atoms with Crippen LogP contribution in [0.25, 0.3) is 11.1 Å². The minimum Gasteiger partial charge on any atom is -0.508 e. The Kier molecular flexibility index (Phi) is 3.88. The zero-order valence-corrected chi connectivity index (χ0v) is 12.6. The molecule has 1 aliphatic rings. The van der Waals surface area contributed by atoms with Crippen molar-refractivity contribution in [1.29, 1.82) is 0 Å². The van der Waals surface area contributed by atoms with Crippen molar-refractivity contribution in [2.45, 2.75) is 32.6 Å². The van der Waals surface area contributed by atoms with Crippen LogP contribution in [0.15, 0.2) is 36.4 Å². The van der Waals surface area contributed by atoms with Crippen molar-refractivity contribution in [3.8, 4) is 11.5 Å². The molecular formula is C19H19FO2. The van der Waals surface area contributed by atoms with Gasteiger partial charge in [0.2, 0.25) is 0 Å². The van der Waals surface area contributed by atoms with Crippen molar-refractivity contribution in [3.63, 3.8) is 0 Å². The summed E-state index contributed by atoms with van der Waals surface area (Å²) in [4.78, 5) is 0. The Morgan fingerprint density at radius 1 is 1.05 bits per heavy atom. The maximum atomic E-state index is 13.8. The molecule has 2 aromatic carbocycles. The number of fused-ring (bicyclic) bond motifs is 1. The standard InChI is InChI=1S/C19H19FO2/c1-2-15-16(12-6-8-14(21)9-7-12)5-3-4-13-10-19(22)18(20)11-17(13)15/h6-11,21-22H,2-5H2,1H3. The number of benzene rings is 2. The lowest BCUT2D eigenvalue weighted by atomic mass is 9.91. The van der Waals surface area contributed by atoms with Gasteiger partial charge in [-0.2, -0.15) is 0 Å². The molecule has 2 N–H and O–H groups in total. The zero-order valence-electron chi connectivity index (χ0n) is 12.6. The Morgan fingerprint density at radius 3 is 2.45 bits per heavy atom. The number of aromatic hydroxyl groups is 2. The van der Waals surface area contributed by atoms with E-state index >= 15 is 0 Å². The van der Waals surface area contributed by atoms with E-state index in [1.165, 1.54) is 11.6 Å². The van der Waals surface area contributed by atoms with Crippen molar-refractivity contribution >= 4 is 11.1 Å². The largest absolute Gasteiger partial charge is 0.508 e. The first-order valence-corrected chi connectivity index (χ1v) is 7.63. The SMILES string of the molecule is CCC1=C(c2ccc(O)cc2)CCCc2cc(O)c(F)cc21. The van der Waals surface area contributed by atoms with Crippen LogP contribution >= 0.6 is 0 Å². The molecule has 0 spiro atoms. The molecule has 22 heavy (non-hydrogen) atoms. The molecule has 3 rings (SSSR count). The van der Waals surface area contributed by atoms with E-state index in [0.717, 1.165) is 47.9 Å². The molecule has 0 unspecified atom stereocenters. The van der Waals surface area contributed by atoms with Gasteiger partial charge in [-0.25, -0.2) is 4.39 Å². The second-order valence-corrected chi connectivity index (χ2v) is 5.67. The van der Waals surface area contributed by atoms with Crippen LogP contribution in [0.5, 0.6) is 11.5 Å². The number of phenols is 2. The average Bonchev–Trinajstić information content (AvgIpc) is 2.68. The summed E-state index contributed by atoms with van der Waals surface area (Å²) < 4.78 is 13.8. The van der Waals surface area contributed by atoms with Crippen LogP contribution in [0.2, 0.25) is 0 Å². The fraction of sp³-hybridized carbons (Fsp3) is 0.263. The Labute approximate surface area is 129 Å². The van der Waals surface area contributed by atoms with Gasteiger partial charge in [-0.1, -0.05) is 19.1 Å². The maximum Gasteiger partial charge on any atom is 0.165 e. The third kappa shape index (κ3) is 2.59. The number of hydrogen-bond acceptors (Lipinski definition) is 2. The molecule has 0 radical (unpaired) electrons. The molecule has 1 aliphatic carbocycles. The van der Waals surface area contributed by atoms with Crippen LogP contribution in [-0.4, -0.2) is 10.2 Å². The molecule has 0 fully saturated rings. The third-order valence-corrected chi connectivity index (χ3v) is 4.30. The van der Waals surface area contributed by atoms with Crippen LogP contribution in [0.4, 0.5) is 4.39 Å². The summed E-state index contributed by atoms with van der Waals surface area (Å²) in [5.41, 5.74) is 5.29. The third-order valence-electron chi connectivity index (χ3n) is 4.30. The van der Waals surface area contributed by atoms with Crippen LogP contribution in [0.3, 0.4) is 0 Å². The number of hydrogen-bond donors (Lipinski definition) is 2. The summed E-state index contributed by atoms with van der Waals surface area (Å²) in [6.45, 7) is 2.07. The summed E-state index contributed by atoms with van der Waals surface area (Å²) in [6.07, 6.45) is 3.49. The van der Waals surface area contributed by atoms with E-state index < -0.39 is 5.82 Å². The summed E-state index contributed by atoms with van der Waals surface area (Å²) >= 11 is 0. The predicted octanol–water partition coefficient (Wildman–Crippen LogP) is 4.89. The summed E-state index contributed by atoms with van der Waals surface area (Å²) in [7, 11) is 0. The van der Waals surface area contributed by atoms with E-state index in [0.29, 0.717) is 0 Å². The smallest absolute Gasteiger partial charge is 0.165 e. The Morgan fingerprint density at radius 2 is 1.77 bits per heavy atom. The van der Waals surface area contributed by atoms with Crippen molar-refractivity contribution in [3.05, 3.63) is 58.9 Å².